The van der Waals surface area contributed by atoms with E-state index in [0.29, 0.717) is 11.3 Å². The summed E-state index contributed by atoms with van der Waals surface area (Å²) in [7, 11) is 1.52. The SMILES string of the molecule is COc1ccc2ccccc2c1-c1nnc(C2(C)CC=CC=C2C(F)(F)F)o1. The first-order valence-electron chi connectivity index (χ1n) is 8.69. The summed E-state index contributed by atoms with van der Waals surface area (Å²) >= 11 is 0. The normalized spacial score (nSPS) is 19.7. The lowest BCUT2D eigenvalue weighted by Gasteiger charge is -2.30. The highest BCUT2D eigenvalue weighted by Crippen LogP contribution is 2.46. The standard InChI is InChI=1S/C21H17F3N2O2/c1-20(12-6-5-9-16(20)21(22,23)24)19-26-25-18(28-19)17-14-8-4-3-7-13(14)10-11-15(17)27-2/h3-11H,12H2,1-2H3. The third kappa shape index (κ3) is 2.87. The Morgan fingerprint density at radius 1 is 1.11 bits per heavy atom. The predicted octanol–water partition coefficient (Wildman–Crippen LogP) is 5.60. The van der Waals surface area contributed by atoms with Crippen molar-refractivity contribution in [2.45, 2.75) is 24.9 Å². The van der Waals surface area contributed by atoms with Gasteiger partial charge in [0.2, 0.25) is 5.89 Å². The zero-order valence-corrected chi connectivity index (χ0v) is 15.2. The zero-order valence-electron chi connectivity index (χ0n) is 15.2. The number of ether oxygens (including phenoxy) is 1. The molecule has 4 rings (SSSR count). The van der Waals surface area contributed by atoms with Crippen LogP contribution in [0.5, 0.6) is 5.75 Å². The van der Waals surface area contributed by atoms with Crippen LogP contribution in [-0.4, -0.2) is 23.5 Å². The smallest absolute Gasteiger partial charge is 0.413 e. The third-order valence-corrected chi connectivity index (χ3v) is 5.05. The van der Waals surface area contributed by atoms with Gasteiger partial charge in [0.25, 0.3) is 5.89 Å². The summed E-state index contributed by atoms with van der Waals surface area (Å²) in [5.74, 6) is 0.556. The topological polar surface area (TPSA) is 48.2 Å². The van der Waals surface area contributed by atoms with Crippen molar-refractivity contribution in [1.82, 2.24) is 10.2 Å². The molecule has 1 unspecified atom stereocenters. The van der Waals surface area contributed by atoms with Gasteiger partial charge >= 0.3 is 6.18 Å². The molecular weight excluding hydrogens is 369 g/mol. The fourth-order valence-electron chi connectivity index (χ4n) is 3.56. The largest absolute Gasteiger partial charge is 0.496 e. The number of hydrogen-bond donors (Lipinski definition) is 0. The first kappa shape index (κ1) is 18.3. The number of alkyl halides is 3. The molecule has 28 heavy (non-hydrogen) atoms. The Kier molecular flexibility index (Phi) is 4.25. The highest BCUT2D eigenvalue weighted by Gasteiger charge is 2.49. The van der Waals surface area contributed by atoms with Crippen LogP contribution in [0, 0.1) is 0 Å². The molecule has 0 N–H and O–H groups in total. The van der Waals surface area contributed by atoms with E-state index in [-0.39, 0.29) is 18.2 Å². The van der Waals surface area contributed by atoms with Crippen LogP contribution in [0.25, 0.3) is 22.2 Å². The highest BCUT2D eigenvalue weighted by molar-refractivity contribution is 5.97. The van der Waals surface area contributed by atoms with E-state index in [9.17, 15) is 13.2 Å². The Labute approximate surface area is 159 Å². The molecule has 1 aromatic heterocycles. The number of benzene rings is 2. The van der Waals surface area contributed by atoms with Crippen LogP contribution in [0.2, 0.25) is 0 Å². The number of fused-ring (bicyclic) bond motifs is 1. The lowest BCUT2D eigenvalue weighted by molar-refractivity contribution is -0.102. The summed E-state index contributed by atoms with van der Waals surface area (Å²) in [4.78, 5) is 0. The van der Waals surface area contributed by atoms with Gasteiger partial charge < -0.3 is 9.15 Å². The molecule has 1 aliphatic rings. The van der Waals surface area contributed by atoms with Crippen LogP contribution in [0.3, 0.4) is 0 Å². The van der Waals surface area contributed by atoms with E-state index in [2.05, 4.69) is 10.2 Å². The molecule has 0 fully saturated rings. The number of halogens is 3. The van der Waals surface area contributed by atoms with Crippen LogP contribution in [0.1, 0.15) is 19.2 Å². The van der Waals surface area contributed by atoms with Gasteiger partial charge in [-0.3, -0.25) is 0 Å². The van der Waals surface area contributed by atoms with Crippen LogP contribution in [-0.2, 0) is 5.41 Å². The average molecular weight is 386 g/mol. The second-order valence-corrected chi connectivity index (χ2v) is 6.82. The Bertz CT molecular complexity index is 1100. The van der Waals surface area contributed by atoms with E-state index >= 15 is 0 Å². The van der Waals surface area contributed by atoms with E-state index in [1.807, 2.05) is 30.3 Å². The van der Waals surface area contributed by atoms with Crippen LogP contribution >= 0.6 is 0 Å². The van der Waals surface area contributed by atoms with E-state index < -0.39 is 17.2 Å². The van der Waals surface area contributed by atoms with Gasteiger partial charge in [0.05, 0.1) is 18.1 Å². The molecule has 3 aromatic rings. The van der Waals surface area contributed by atoms with Gasteiger partial charge in [0, 0.05) is 5.57 Å². The molecule has 4 nitrogen and oxygen atoms in total. The minimum Gasteiger partial charge on any atom is -0.496 e. The van der Waals surface area contributed by atoms with Crippen molar-refractivity contribution in [1.29, 1.82) is 0 Å². The molecule has 0 saturated carbocycles. The number of allylic oxidation sites excluding steroid dienone is 4. The molecule has 0 saturated heterocycles. The Balaban J connectivity index is 1.86. The van der Waals surface area contributed by atoms with Crippen molar-refractivity contribution >= 4 is 10.8 Å². The molecule has 0 bridgehead atoms. The number of rotatable bonds is 3. The molecule has 2 aromatic carbocycles. The number of nitrogens with zero attached hydrogens (tertiary/aromatic N) is 2. The fraction of sp³-hybridized carbons (Fsp3) is 0.238. The fourth-order valence-corrected chi connectivity index (χ4v) is 3.56. The lowest BCUT2D eigenvalue weighted by atomic mass is 9.76. The summed E-state index contributed by atoms with van der Waals surface area (Å²) in [6.45, 7) is 1.47. The first-order valence-corrected chi connectivity index (χ1v) is 8.69. The second kappa shape index (κ2) is 6.51. The molecule has 144 valence electrons. The number of hydrogen-bond acceptors (Lipinski definition) is 4. The molecule has 0 amide bonds. The minimum atomic E-state index is -4.49. The van der Waals surface area contributed by atoms with Gasteiger partial charge in [0.15, 0.2) is 0 Å². The summed E-state index contributed by atoms with van der Waals surface area (Å²) in [6.07, 6.45) is -0.253. The van der Waals surface area contributed by atoms with Gasteiger partial charge in [-0.2, -0.15) is 13.2 Å². The summed E-state index contributed by atoms with van der Waals surface area (Å²) in [6, 6.07) is 11.2. The first-order chi connectivity index (χ1) is 13.3. The van der Waals surface area contributed by atoms with Crippen molar-refractivity contribution in [2.75, 3.05) is 7.11 Å². The van der Waals surface area contributed by atoms with E-state index in [1.165, 1.54) is 20.1 Å². The van der Waals surface area contributed by atoms with Gasteiger partial charge in [-0.1, -0.05) is 48.6 Å². The lowest BCUT2D eigenvalue weighted by Crippen LogP contribution is -2.34. The van der Waals surface area contributed by atoms with Gasteiger partial charge in [-0.15, -0.1) is 10.2 Å². The monoisotopic (exact) mass is 386 g/mol. The highest BCUT2D eigenvalue weighted by atomic mass is 19.4. The second-order valence-electron chi connectivity index (χ2n) is 6.82. The van der Waals surface area contributed by atoms with Crippen molar-refractivity contribution in [2.24, 2.45) is 0 Å². The molecule has 0 aliphatic heterocycles. The van der Waals surface area contributed by atoms with Gasteiger partial charge in [-0.05, 0) is 30.2 Å². The van der Waals surface area contributed by atoms with Gasteiger partial charge in [-0.25, -0.2) is 0 Å². The Morgan fingerprint density at radius 3 is 2.64 bits per heavy atom. The van der Waals surface area contributed by atoms with E-state index in [4.69, 9.17) is 9.15 Å². The van der Waals surface area contributed by atoms with Crippen LogP contribution < -0.4 is 4.74 Å². The Morgan fingerprint density at radius 2 is 1.89 bits per heavy atom. The summed E-state index contributed by atoms with van der Waals surface area (Å²) in [5, 5.41) is 9.80. The van der Waals surface area contributed by atoms with Crippen molar-refractivity contribution < 1.29 is 22.3 Å². The third-order valence-electron chi connectivity index (χ3n) is 5.05. The van der Waals surface area contributed by atoms with Crippen molar-refractivity contribution in [3.63, 3.8) is 0 Å². The quantitative estimate of drug-likeness (QED) is 0.587. The maximum atomic E-state index is 13.6. The Hall–Kier alpha value is -3.09. The summed E-state index contributed by atoms with van der Waals surface area (Å²) in [5.41, 5.74) is -1.59. The average Bonchev–Trinajstić information content (AvgIpc) is 3.17. The van der Waals surface area contributed by atoms with Crippen molar-refractivity contribution in [3.05, 3.63) is 66.1 Å². The van der Waals surface area contributed by atoms with Crippen LogP contribution in [0.4, 0.5) is 13.2 Å². The number of aromatic nitrogens is 2. The van der Waals surface area contributed by atoms with E-state index in [1.54, 1.807) is 12.1 Å². The maximum Gasteiger partial charge on any atom is 0.413 e. The maximum absolute atomic E-state index is 13.6. The number of methoxy groups -OCH3 is 1. The van der Waals surface area contributed by atoms with E-state index in [0.717, 1.165) is 16.8 Å². The summed E-state index contributed by atoms with van der Waals surface area (Å²) < 4.78 is 51.9. The predicted molar refractivity (Wildman–Crippen MR) is 99.0 cm³/mol. The molecule has 0 radical (unpaired) electrons. The zero-order chi connectivity index (χ0) is 19.9. The molecular formula is C21H17F3N2O2. The minimum absolute atomic E-state index is 0.0783. The molecule has 1 atom stereocenters. The molecule has 0 spiro atoms. The molecule has 1 heterocycles. The molecule has 7 heteroatoms. The van der Waals surface area contributed by atoms with Crippen LogP contribution in [0.15, 0.2) is 64.6 Å². The van der Waals surface area contributed by atoms with Gasteiger partial charge in [0.1, 0.15) is 5.75 Å². The molecule has 1 aliphatic carbocycles. The van der Waals surface area contributed by atoms with Crippen molar-refractivity contribution in [3.8, 4) is 17.2 Å².